The summed E-state index contributed by atoms with van der Waals surface area (Å²) in [6.07, 6.45) is 6.55. The molecule has 4 atom stereocenters. The van der Waals surface area contributed by atoms with Crippen molar-refractivity contribution in [1.82, 2.24) is 0 Å². The van der Waals surface area contributed by atoms with Crippen LogP contribution in [0, 0.1) is 0 Å². The lowest BCUT2D eigenvalue weighted by Crippen LogP contribution is -2.44. The Morgan fingerprint density at radius 1 is 0.955 bits per heavy atom. The molecule has 0 aromatic carbocycles. The van der Waals surface area contributed by atoms with Crippen molar-refractivity contribution in [2.45, 2.75) is 38.3 Å². The Hall–Kier alpha value is -1.06. The van der Waals surface area contributed by atoms with Crippen LogP contribution in [0.5, 0.6) is 0 Å². The van der Waals surface area contributed by atoms with E-state index in [2.05, 4.69) is 0 Å². The first-order valence-corrected chi connectivity index (χ1v) is 7.42. The molecule has 0 radical (unpaired) electrons. The zero-order chi connectivity index (χ0) is 15.8. The molecule has 2 rings (SSSR count). The van der Waals surface area contributed by atoms with Gasteiger partial charge in [-0.2, -0.15) is 0 Å². The molecular weight excluding hydrogens is 291 g/mol. The van der Waals surface area contributed by atoms with E-state index < -0.39 is 7.32 Å². The summed E-state index contributed by atoms with van der Waals surface area (Å²) in [5.41, 5.74) is 0. The molecule has 8 heteroatoms. The predicted molar refractivity (Wildman–Crippen MR) is 78.7 cm³/mol. The third kappa shape index (κ3) is 5.62. The van der Waals surface area contributed by atoms with Crippen LogP contribution < -0.4 is 0 Å². The molecule has 0 spiro atoms. The summed E-state index contributed by atoms with van der Waals surface area (Å²) in [6.45, 7) is 5.97. The Kier molecular flexibility index (Phi) is 7.21. The summed E-state index contributed by atoms with van der Waals surface area (Å²) in [5.74, 6) is 0. The molecule has 2 aliphatic heterocycles. The third-order valence-corrected chi connectivity index (χ3v) is 3.49. The van der Waals surface area contributed by atoms with Gasteiger partial charge in [-0.05, 0) is 26.0 Å². The highest BCUT2D eigenvalue weighted by atomic mass is 16.7. The molecule has 1 N–H and O–H groups in total. The number of hydrogen-bond donors (Lipinski definition) is 1. The minimum atomic E-state index is -1.36. The van der Waals surface area contributed by atoms with Crippen molar-refractivity contribution in [3.05, 3.63) is 24.7 Å². The van der Waals surface area contributed by atoms with Crippen molar-refractivity contribution in [3.63, 3.8) is 0 Å². The van der Waals surface area contributed by atoms with E-state index in [9.17, 15) is 5.02 Å². The Morgan fingerprint density at radius 2 is 1.41 bits per heavy atom. The predicted octanol–water partition coefficient (Wildman–Crippen LogP) is 0.632. The fourth-order valence-corrected chi connectivity index (χ4v) is 1.82. The molecule has 0 aromatic heterocycles. The van der Waals surface area contributed by atoms with Crippen molar-refractivity contribution >= 4 is 7.32 Å². The molecule has 0 amide bonds. The van der Waals surface area contributed by atoms with Gasteiger partial charge in [-0.1, -0.05) is 0 Å². The van der Waals surface area contributed by atoms with Crippen LogP contribution in [0.15, 0.2) is 24.7 Å². The summed E-state index contributed by atoms with van der Waals surface area (Å²) < 4.78 is 31.1. The zero-order valence-corrected chi connectivity index (χ0v) is 12.9. The van der Waals surface area contributed by atoms with Gasteiger partial charge in [-0.15, -0.1) is 0 Å². The Morgan fingerprint density at radius 3 is 1.73 bits per heavy atom. The van der Waals surface area contributed by atoms with Gasteiger partial charge >= 0.3 is 7.32 Å². The first-order chi connectivity index (χ1) is 10.7. The summed E-state index contributed by atoms with van der Waals surface area (Å²) in [6, 6.07) is 0. The van der Waals surface area contributed by atoms with Crippen molar-refractivity contribution in [1.29, 1.82) is 0 Å². The van der Waals surface area contributed by atoms with Gasteiger partial charge in [0.1, 0.15) is 12.2 Å². The van der Waals surface area contributed by atoms with Crippen LogP contribution in [0.3, 0.4) is 0 Å². The monoisotopic (exact) mass is 314 g/mol. The largest absolute Gasteiger partial charge is 0.784 e. The molecule has 2 fully saturated rings. The van der Waals surface area contributed by atoms with E-state index in [-0.39, 0.29) is 24.4 Å². The van der Waals surface area contributed by atoms with Gasteiger partial charge < -0.3 is 33.3 Å². The van der Waals surface area contributed by atoms with E-state index in [1.165, 1.54) is 12.5 Å². The molecule has 7 nitrogen and oxygen atoms in total. The molecule has 0 aromatic rings. The van der Waals surface area contributed by atoms with Crippen LogP contribution in [0.2, 0.25) is 0 Å². The lowest BCUT2D eigenvalue weighted by atomic mass is 10.2. The second-order valence-corrected chi connectivity index (χ2v) is 5.14. The summed E-state index contributed by atoms with van der Waals surface area (Å²) >= 11 is 0. The van der Waals surface area contributed by atoms with E-state index >= 15 is 0 Å². The van der Waals surface area contributed by atoms with E-state index in [0.29, 0.717) is 26.4 Å². The number of rotatable bonds is 10. The molecular formula is C14H23BO7. The molecule has 0 aliphatic carbocycles. The van der Waals surface area contributed by atoms with Crippen LogP contribution in [0.1, 0.15) is 13.8 Å². The second-order valence-electron chi connectivity index (χ2n) is 5.14. The fourth-order valence-electron chi connectivity index (χ4n) is 1.82. The van der Waals surface area contributed by atoms with Crippen LogP contribution in [-0.2, 0) is 28.3 Å². The van der Waals surface area contributed by atoms with Gasteiger partial charge in [0.15, 0.2) is 0 Å². The standard InChI is InChI=1S/C14H23BO7/c1-11-13(9-19-11)17-5-3-7-21-15(16)22-8-4-6-18-14-10-20-12(14)2/h3-4,7-8,11-14,16H,5-6,9-10H2,1-2H3/b7-3+,8-4+. The minimum absolute atomic E-state index is 0.137. The van der Waals surface area contributed by atoms with Crippen molar-refractivity contribution in [2.24, 2.45) is 0 Å². The zero-order valence-electron chi connectivity index (χ0n) is 12.9. The van der Waals surface area contributed by atoms with Gasteiger partial charge in [-0.25, -0.2) is 0 Å². The SMILES string of the molecule is CC1OCC1OC/C=C/OB(O)O/C=C/COC1COC1C. The van der Waals surface area contributed by atoms with Crippen molar-refractivity contribution in [2.75, 3.05) is 26.4 Å². The maximum Gasteiger partial charge on any atom is 0.784 e. The molecule has 0 saturated carbocycles. The van der Waals surface area contributed by atoms with Crippen LogP contribution >= 0.6 is 0 Å². The Labute approximate surface area is 130 Å². The average molecular weight is 314 g/mol. The molecule has 2 aliphatic rings. The highest BCUT2D eigenvalue weighted by Crippen LogP contribution is 2.15. The topological polar surface area (TPSA) is 75.6 Å². The van der Waals surface area contributed by atoms with Crippen molar-refractivity contribution in [3.8, 4) is 0 Å². The summed E-state index contributed by atoms with van der Waals surface area (Å²) in [4.78, 5) is 0. The van der Waals surface area contributed by atoms with Crippen LogP contribution in [0.25, 0.3) is 0 Å². The first-order valence-electron chi connectivity index (χ1n) is 7.42. The molecule has 2 heterocycles. The summed E-state index contributed by atoms with van der Waals surface area (Å²) in [7, 11) is -1.36. The van der Waals surface area contributed by atoms with E-state index in [0.717, 1.165) is 0 Å². The van der Waals surface area contributed by atoms with Gasteiger partial charge in [0.05, 0.1) is 51.2 Å². The first kappa shape index (κ1) is 17.3. The smallest absolute Gasteiger partial charge is 0.508 e. The van der Waals surface area contributed by atoms with Gasteiger partial charge in [0.25, 0.3) is 0 Å². The number of hydrogen-bond acceptors (Lipinski definition) is 7. The van der Waals surface area contributed by atoms with Gasteiger partial charge in [0, 0.05) is 0 Å². The third-order valence-electron chi connectivity index (χ3n) is 3.49. The Balaban J connectivity index is 1.43. The molecule has 22 heavy (non-hydrogen) atoms. The minimum Gasteiger partial charge on any atom is -0.508 e. The van der Waals surface area contributed by atoms with E-state index in [1.807, 2.05) is 13.8 Å². The molecule has 124 valence electrons. The summed E-state index contributed by atoms with van der Waals surface area (Å²) in [5, 5.41) is 9.40. The van der Waals surface area contributed by atoms with Crippen molar-refractivity contribution < 1.29 is 33.3 Å². The highest BCUT2D eigenvalue weighted by molar-refractivity contribution is 6.35. The normalized spacial score (nSPS) is 31.0. The quantitative estimate of drug-likeness (QED) is 0.468. The maximum absolute atomic E-state index is 9.40. The maximum atomic E-state index is 9.40. The lowest BCUT2D eigenvalue weighted by molar-refractivity contribution is -0.174. The van der Waals surface area contributed by atoms with Gasteiger partial charge in [-0.3, -0.25) is 0 Å². The molecule has 0 bridgehead atoms. The van der Waals surface area contributed by atoms with Gasteiger partial charge in [0.2, 0.25) is 0 Å². The van der Waals surface area contributed by atoms with E-state index in [4.69, 9.17) is 28.3 Å². The second kappa shape index (κ2) is 9.17. The number of ether oxygens (including phenoxy) is 4. The lowest BCUT2D eigenvalue weighted by Gasteiger charge is -2.33. The average Bonchev–Trinajstić information content (AvgIpc) is 2.50. The molecule has 2 saturated heterocycles. The molecule has 4 unspecified atom stereocenters. The highest BCUT2D eigenvalue weighted by Gasteiger charge is 2.28. The van der Waals surface area contributed by atoms with Crippen LogP contribution in [-0.4, -0.2) is 63.2 Å². The van der Waals surface area contributed by atoms with E-state index in [1.54, 1.807) is 12.2 Å². The Bertz CT molecular complexity index is 342. The van der Waals surface area contributed by atoms with Crippen LogP contribution in [0.4, 0.5) is 0 Å². The fraction of sp³-hybridized carbons (Fsp3) is 0.714.